The molecule has 2 heterocycles. The molecular formula is C13H12ClN3O. The van der Waals surface area contributed by atoms with Crippen molar-refractivity contribution in [2.45, 2.75) is 13.3 Å². The highest BCUT2D eigenvalue weighted by atomic mass is 35.5. The van der Waals surface area contributed by atoms with Crippen LogP contribution in [-0.4, -0.2) is 22.1 Å². The minimum atomic E-state index is 0.483. The number of methoxy groups -OCH3 is 1. The van der Waals surface area contributed by atoms with Crippen LogP contribution in [0.3, 0.4) is 0 Å². The molecule has 4 nitrogen and oxygen atoms in total. The Balaban J connectivity index is 2.41. The fourth-order valence-electron chi connectivity index (χ4n) is 2.06. The quantitative estimate of drug-likeness (QED) is 0.720. The van der Waals surface area contributed by atoms with Gasteiger partial charge in [0.25, 0.3) is 0 Å². The molecule has 3 rings (SSSR count). The highest BCUT2D eigenvalue weighted by Gasteiger charge is 2.12. The number of halogens is 1. The molecule has 3 aromatic rings. The molecule has 0 spiro atoms. The van der Waals surface area contributed by atoms with E-state index < -0.39 is 0 Å². The molecule has 0 aliphatic heterocycles. The molecular weight excluding hydrogens is 250 g/mol. The van der Waals surface area contributed by atoms with Crippen molar-refractivity contribution in [2.24, 2.45) is 0 Å². The predicted octanol–water partition coefficient (Wildman–Crippen LogP) is 3.34. The number of ether oxygens (including phenoxy) is 1. The Labute approximate surface area is 109 Å². The van der Waals surface area contributed by atoms with E-state index in [9.17, 15) is 0 Å². The summed E-state index contributed by atoms with van der Waals surface area (Å²) in [6.07, 6.45) is 0.758. The standard InChI is InChI=1S/C13H12ClN3O/c1-3-10-16-12(14)11-8-6-7(18-2)4-5-9(8)15-13(11)17-10/h4-6H,3H2,1-2H3,(H,15,16,17). The number of hydrogen-bond donors (Lipinski definition) is 1. The lowest BCUT2D eigenvalue weighted by Gasteiger charge is -2.00. The molecule has 0 bridgehead atoms. The average Bonchev–Trinajstić information content (AvgIpc) is 2.75. The zero-order chi connectivity index (χ0) is 12.7. The van der Waals surface area contributed by atoms with Crippen LogP contribution in [0.5, 0.6) is 5.75 Å². The number of rotatable bonds is 2. The number of benzene rings is 1. The molecule has 0 aliphatic carbocycles. The highest BCUT2D eigenvalue weighted by molar-refractivity contribution is 6.36. The van der Waals surface area contributed by atoms with Crippen LogP contribution in [-0.2, 0) is 6.42 Å². The molecule has 0 saturated heterocycles. The van der Waals surface area contributed by atoms with Crippen LogP contribution in [0, 0.1) is 0 Å². The number of H-pyrrole nitrogens is 1. The summed E-state index contributed by atoms with van der Waals surface area (Å²) in [7, 11) is 1.64. The Bertz CT molecular complexity index is 736. The van der Waals surface area contributed by atoms with Crippen molar-refractivity contribution in [1.82, 2.24) is 15.0 Å². The van der Waals surface area contributed by atoms with Gasteiger partial charge in [-0.15, -0.1) is 0 Å². The SMILES string of the molecule is CCc1nc(Cl)c2c(n1)[nH]c1ccc(OC)cc12. The number of nitrogens with zero attached hydrogens (tertiary/aromatic N) is 2. The van der Waals surface area contributed by atoms with Gasteiger partial charge in [-0.3, -0.25) is 0 Å². The lowest BCUT2D eigenvalue weighted by molar-refractivity contribution is 0.415. The third-order valence-electron chi connectivity index (χ3n) is 2.98. The summed E-state index contributed by atoms with van der Waals surface area (Å²) >= 11 is 6.24. The van der Waals surface area contributed by atoms with E-state index in [2.05, 4.69) is 15.0 Å². The van der Waals surface area contributed by atoms with Crippen LogP contribution in [0.1, 0.15) is 12.7 Å². The van der Waals surface area contributed by atoms with Crippen molar-refractivity contribution in [3.8, 4) is 5.75 Å². The van der Waals surface area contributed by atoms with Crippen molar-refractivity contribution in [3.05, 3.63) is 29.2 Å². The van der Waals surface area contributed by atoms with E-state index in [0.717, 1.165) is 39.9 Å². The van der Waals surface area contributed by atoms with Crippen molar-refractivity contribution in [1.29, 1.82) is 0 Å². The van der Waals surface area contributed by atoms with E-state index in [4.69, 9.17) is 16.3 Å². The molecule has 2 aromatic heterocycles. The number of aromatic amines is 1. The van der Waals surface area contributed by atoms with Gasteiger partial charge in [0, 0.05) is 17.3 Å². The van der Waals surface area contributed by atoms with Crippen molar-refractivity contribution >= 4 is 33.5 Å². The average molecular weight is 262 g/mol. The highest BCUT2D eigenvalue weighted by Crippen LogP contribution is 2.31. The van der Waals surface area contributed by atoms with E-state index in [0.29, 0.717) is 5.15 Å². The minimum absolute atomic E-state index is 0.483. The first-order valence-electron chi connectivity index (χ1n) is 5.74. The summed E-state index contributed by atoms with van der Waals surface area (Å²) in [6.45, 7) is 2.00. The Morgan fingerprint density at radius 2 is 2.17 bits per heavy atom. The van der Waals surface area contributed by atoms with E-state index >= 15 is 0 Å². The molecule has 0 unspecified atom stereocenters. The molecule has 18 heavy (non-hydrogen) atoms. The Morgan fingerprint density at radius 1 is 1.33 bits per heavy atom. The first kappa shape index (κ1) is 11.3. The zero-order valence-corrected chi connectivity index (χ0v) is 10.9. The molecule has 0 atom stereocenters. The largest absolute Gasteiger partial charge is 0.497 e. The van der Waals surface area contributed by atoms with E-state index in [-0.39, 0.29) is 0 Å². The smallest absolute Gasteiger partial charge is 0.143 e. The topological polar surface area (TPSA) is 50.8 Å². The maximum atomic E-state index is 6.24. The number of fused-ring (bicyclic) bond motifs is 3. The van der Waals surface area contributed by atoms with Crippen LogP contribution in [0.4, 0.5) is 0 Å². The summed E-state index contributed by atoms with van der Waals surface area (Å²) in [5.74, 6) is 1.53. The van der Waals surface area contributed by atoms with Gasteiger partial charge < -0.3 is 9.72 Å². The molecule has 92 valence electrons. The van der Waals surface area contributed by atoms with Gasteiger partial charge in [0.2, 0.25) is 0 Å². The predicted molar refractivity (Wildman–Crippen MR) is 72.3 cm³/mol. The molecule has 0 saturated carbocycles. The van der Waals surface area contributed by atoms with Crippen molar-refractivity contribution in [2.75, 3.05) is 7.11 Å². The Morgan fingerprint density at radius 3 is 2.89 bits per heavy atom. The van der Waals surface area contributed by atoms with E-state index in [1.165, 1.54) is 0 Å². The van der Waals surface area contributed by atoms with E-state index in [1.807, 2.05) is 25.1 Å². The lowest BCUT2D eigenvalue weighted by Crippen LogP contribution is -1.93. The van der Waals surface area contributed by atoms with Crippen LogP contribution >= 0.6 is 11.6 Å². The fourth-order valence-corrected chi connectivity index (χ4v) is 2.35. The van der Waals surface area contributed by atoms with Crippen LogP contribution in [0.25, 0.3) is 21.9 Å². The second-order valence-corrected chi connectivity index (χ2v) is 4.40. The van der Waals surface area contributed by atoms with Crippen molar-refractivity contribution in [3.63, 3.8) is 0 Å². The number of hydrogen-bond acceptors (Lipinski definition) is 3. The molecule has 0 aliphatic rings. The summed E-state index contributed by atoms with van der Waals surface area (Å²) in [5.41, 5.74) is 1.75. The van der Waals surface area contributed by atoms with Gasteiger partial charge in [0.15, 0.2) is 0 Å². The monoisotopic (exact) mass is 261 g/mol. The summed E-state index contributed by atoms with van der Waals surface area (Å²) in [5, 5.41) is 2.32. The molecule has 0 radical (unpaired) electrons. The second kappa shape index (κ2) is 4.14. The first-order valence-corrected chi connectivity index (χ1v) is 6.12. The second-order valence-electron chi connectivity index (χ2n) is 4.04. The Hall–Kier alpha value is -1.81. The van der Waals surface area contributed by atoms with E-state index in [1.54, 1.807) is 7.11 Å². The number of aromatic nitrogens is 3. The van der Waals surface area contributed by atoms with Crippen LogP contribution in [0.2, 0.25) is 5.15 Å². The molecule has 0 amide bonds. The van der Waals surface area contributed by atoms with Gasteiger partial charge >= 0.3 is 0 Å². The van der Waals surface area contributed by atoms with Crippen LogP contribution < -0.4 is 4.74 Å². The first-order chi connectivity index (χ1) is 8.72. The van der Waals surface area contributed by atoms with Gasteiger partial charge in [-0.25, -0.2) is 9.97 Å². The van der Waals surface area contributed by atoms with Gasteiger partial charge in [-0.2, -0.15) is 0 Å². The summed E-state index contributed by atoms with van der Waals surface area (Å²) in [6, 6.07) is 5.80. The summed E-state index contributed by atoms with van der Waals surface area (Å²) < 4.78 is 5.23. The third-order valence-corrected chi connectivity index (χ3v) is 3.25. The van der Waals surface area contributed by atoms with Gasteiger partial charge in [0.1, 0.15) is 22.4 Å². The molecule has 1 N–H and O–H groups in total. The normalized spacial score (nSPS) is 11.3. The minimum Gasteiger partial charge on any atom is -0.497 e. The lowest BCUT2D eigenvalue weighted by atomic mass is 10.2. The molecule has 1 aromatic carbocycles. The fraction of sp³-hybridized carbons (Fsp3) is 0.231. The Kier molecular flexibility index (Phi) is 2.59. The third kappa shape index (κ3) is 1.61. The van der Waals surface area contributed by atoms with Gasteiger partial charge in [-0.1, -0.05) is 18.5 Å². The van der Waals surface area contributed by atoms with Gasteiger partial charge in [0.05, 0.1) is 12.5 Å². The number of aryl methyl sites for hydroxylation is 1. The maximum Gasteiger partial charge on any atom is 0.143 e. The van der Waals surface area contributed by atoms with Crippen LogP contribution in [0.15, 0.2) is 18.2 Å². The zero-order valence-electron chi connectivity index (χ0n) is 10.1. The van der Waals surface area contributed by atoms with Gasteiger partial charge in [-0.05, 0) is 18.2 Å². The number of nitrogens with one attached hydrogen (secondary N) is 1. The maximum absolute atomic E-state index is 6.24. The summed E-state index contributed by atoms with van der Waals surface area (Å²) in [4.78, 5) is 12.0. The molecule has 0 fully saturated rings. The van der Waals surface area contributed by atoms with Crippen molar-refractivity contribution < 1.29 is 4.74 Å². The molecule has 5 heteroatoms.